The summed E-state index contributed by atoms with van der Waals surface area (Å²) in [6.45, 7) is 4.81. The number of aryl methyl sites for hydroxylation is 2. The van der Waals surface area contributed by atoms with Gasteiger partial charge in [-0.1, -0.05) is 11.8 Å². The van der Waals surface area contributed by atoms with Crippen molar-refractivity contribution in [3.63, 3.8) is 0 Å². The summed E-state index contributed by atoms with van der Waals surface area (Å²) in [4.78, 5) is 10.7. The van der Waals surface area contributed by atoms with E-state index >= 15 is 0 Å². The topological polar surface area (TPSA) is 68.3 Å². The van der Waals surface area contributed by atoms with Gasteiger partial charge in [-0.3, -0.25) is 4.68 Å². The van der Waals surface area contributed by atoms with E-state index in [2.05, 4.69) is 5.10 Å². The number of aromatic nitrogens is 2. The molecule has 0 radical (unpaired) electrons. The van der Waals surface area contributed by atoms with E-state index in [1.54, 1.807) is 6.07 Å². The first kappa shape index (κ1) is 12.8. The molecule has 0 unspecified atom stereocenters. The van der Waals surface area contributed by atoms with Crippen molar-refractivity contribution in [1.82, 2.24) is 9.78 Å². The molecule has 6 heteroatoms. The zero-order valence-electron chi connectivity index (χ0n) is 10.2. The minimum absolute atomic E-state index is 0.0299. The van der Waals surface area contributed by atoms with Gasteiger partial charge in [0, 0.05) is 18.0 Å². The molecule has 18 heavy (non-hydrogen) atoms. The number of carbonyl (C=O) groups is 1. The summed E-state index contributed by atoms with van der Waals surface area (Å²) in [5.74, 6) is -0.365. The van der Waals surface area contributed by atoms with Gasteiger partial charge in [0.05, 0.1) is 5.69 Å². The molecule has 0 atom stereocenters. The van der Waals surface area contributed by atoms with Crippen LogP contribution < -0.4 is 0 Å². The van der Waals surface area contributed by atoms with Gasteiger partial charge in [-0.05, 0) is 32.0 Å². The molecule has 0 aliphatic rings. The fourth-order valence-corrected chi connectivity index (χ4v) is 2.48. The lowest BCUT2D eigenvalue weighted by molar-refractivity contribution is 0.0656. The van der Waals surface area contributed by atoms with Crippen LogP contribution in [0.15, 0.2) is 27.7 Å². The zero-order valence-corrected chi connectivity index (χ0v) is 11.0. The second-order valence-electron chi connectivity index (χ2n) is 3.81. The van der Waals surface area contributed by atoms with Gasteiger partial charge in [-0.15, -0.1) is 0 Å². The minimum atomic E-state index is -1.05. The first-order valence-corrected chi connectivity index (χ1v) is 6.58. The Morgan fingerprint density at radius 3 is 2.94 bits per heavy atom. The van der Waals surface area contributed by atoms with Crippen molar-refractivity contribution in [2.45, 2.75) is 31.2 Å². The number of thioether (sulfide) groups is 1. The Morgan fingerprint density at radius 1 is 1.56 bits per heavy atom. The highest BCUT2D eigenvalue weighted by atomic mass is 32.2. The monoisotopic (exact) mass is 266 g/mol. The largest absolute Gasteiger partial charge is 0.475 e. The van der Waals surface area contributed by atoms with Gasteiger partial charge >= 0.3 is 5.97 Å². The van der Waals surface area contributed by atoms with E-state index in [-0.39, 0.29) is 5.76 Å². The number of carboxylic acids is 1. The molecule has 5 nitrogen and oxygen atoms in total. The van der Waals surface area contributed by atoms with Crippen LogP contribution in [0.3, 0.4) is 0 Å². The van der Waals surface area contributed by atoms with Crippen LogP contribution in [0.5, 0.6) is 0 Å². The summed E-state index contributed by atoms with van der Waals surface area (Å²) in [6, 6.07) is 5.16. The Morgan fingerprint density at radius 2 is 2.33 bits per heavy atom. The summed E-state index contributed by atoms with van der Waals surface area (Å²) in [7, 11) is 0. The molecule has 2 heterocycles. The van der Waals surface area contributed by atoms with Crippen molar-refractivity contribution in [1.29, 1.82) is 0 Å². The molecule has 2 aromatic rings. The molecule has 0 bridgehead atoms. The van der Waals surface area contributed by atoms with Crippen LogP contribution >= 0.6 is 11.8 Å². The fourth-order valence-electron chi connectivity index (χ4n) is 1.65. The molecular formula is C12H14N2O3S. The smallest absolute Gasteiger partial charge is 0.371 e. The standard InChI is InChI=1S/C12H14N2O3S/c1-3-14-9(6-8(2)13-14)7-18-11-5-4-10(17-11)12(15)16/h4-6H,3,7H2,1-2H3,(H,15,16). The maximum atomic E-state index is 10.7. The molecule has 2 aromatic heterocycles. The molecule has 0 aromatic carbocycles. The molecule has 0 fully saturated rings. The second kappa shape index (κ2) is 5.30. The molecule has 0 amide bonds. The Bertz CT molecular complexity index is 559. The van der Waals surface area contributed by atoms with Crippen LogP contribution in [0.1, 0.15) is 28.9 Å². The third-order valence-corrected chi connectivity index (χ3v) is 3.38. The van der Waals surface area contributed by atoms with E-state index in [1.165, 1.54) is 17.8 Å². The quantitative estimate of drug-likeness (QED) is 0.843. The highest BCUT2D eigenvalue weighted by molar-refractivity contribution is 7.98. The second-order valence-corrected chi connectivity index (χ2v) is 4.79. The minimum Gasteiger partial charge on any atom is -0.475 e. The molecule has 2 rings (SSSR count). The van der Waals surface area contributed by atoms with Crippen LogP contribution in [-0.2, 0) is 12.3 Å². The molecule has 0 saturated heterocycles. The summed E-state index contributed by atoms with van der Waals surface area (Å²) < 4.78 is 7.11. The first-order chi connectivity index (χ1) is 8.60. The predicted octanol–water partition coefficient (Wildman–Crippen LogP) is 2.79. The lowest BCUT2D eigenvalue weighted by Crippen LogP contribution is -2.01. The van der Waals surface area contributed by atoms with Crippen molar-refractivity contribution in [2.24, 2.45) is 0 Å². The molecular weight excluding hydrogens is 252 g/mol. The van der Waals surface area contributed by atoms with Crippen LogP contribution in [0.4, 0.5) is 0 Å². The maximum Gasteiger partial charge on any atom is 0.371 e. The van der Waals surface area contributed by atoms with Gasteiger partial charge in [0.2, 0.25) is 5.76 Å². The van der Waals surface area contributed by atoms with Crippen LogP contribution in [0.25, 0.3) is 0 Å². The summed E-state index contributed by atoms with van der Waals surface area (Å²) >= 11 is 1.46. The SMILES string of the molecule is CCn1nc(C)cc1CSc1ccc(C(=O)O)o1. The highest BCUT2D eigenvalue weighted by Crippen LogP contribution is 2.25. The van der Waals surface area contributed by atoms with Crippen molar-refractivity contribution in [2.75, 3.05) is 0 Å². The number of carboxylic acid groups (broad SMARTS) is 1. The van der Waals surface area contributed by atoms with Crippen molar-refractivity contribution in [3.05, 3.63) is 35.3 Å². The molecule has 96 valence electrons. The van der Waals surface area contributed by atoms with E-state index in [1.807, 2.05) is 24.6 Å². The molecule has 0 saturated carbocycles. The van der Waals surface area contributed by atoms with Crippen LogP contribution in [-0.4, -0.2) is 20.9 Å². The lowest BCUT2D eigenvalue weighted by Gasteiger charge is -2.02. The van der Waals surface area contributed by atoms with E-state index in [4.69, 9.17) is 9.52 Å². The fraction of sp³-hybridized carbons (Fsp3) is 0.333. The third-order valence-electron chi connectivity index (χ3n) is 2.44. The summed E-state index contributed by atoms with van der Waals surface area (Å²) in [5, 5.41) is 13.7. The predicted molar refractivity (Wildman–Crippen MR) is 67.9 cm³/mol. The number of hydrogen-bond acceptors (Lipinski definition) is 4. The highest BCUT2D eigenvalue weighted by Gasteiger charge is 2.10. The number of rotatable bonds is 5. The van der Waals surface area contributed by atoms with Gasteiger partial charge in [0.15, 0.2) is 5.09 Å². The van der Waals surface area contributed by atoms with Crippen LogP contribution in [0.2, 0.25) is 0 Å². The Balaban J connectivity index is 2.04. The summed E-state index contributed by atoms with van der Waals surface area (Å²) in [6.07, 6.45) is 0. The van der Waals surface area contributed by atoms with Gasteiger partial charge in [-0.25, -0.2) is 4.79 Å². The molecule has 0 spiro atoms. The molecule has 0 aliphatic carbocycles. The van der Waals surface area contributed by atoms with E-state index < -0.39 is 5.97 Å². The third kappa shape index (κ3) is 2.76. The van der Waals surface area contributed by atoms with Crippen molar-refractivity contribution in [3.8, 4) is 0 Å². The average molecular weight is 266 g/mol. The van der Waals surface area contributed by atoms with Gasteiger partial charge in [0.25, 0.3) is 0 Å². The average Bonchev–Trinajstić information content (AvgIpc) is 2.92. The normalized spacial score (nSPS) is 10.8. The number of aromatic carboxylic acids is 1. The number of nitrogens with zero attached hydrogens (tertiary/aromatic N) is 2. The Kier molecular flexibility index (Phi) is 3.76. The van der Waals surface area contributed by atoms with Gasteiger partial charge in [-0.2, -0.15) is 5.10 Å². The lowest BCUT2D eigenvalue weighted by atomic mass is 10.4. The zero-order chi connectivity index (χ0) is 13.1. The number of furan rings is 1. The van der Waals surface area contributed by atoms with Crippen LogP contribution in [0, 0.1) is 6.92 Å². The van der Waals surface area contributed by atoms with Crippen molar-refractivity contribution >= 4 is 17.7 Å². The Labute approximate surface area is 109 Å². The van der Waals surface area contributed by atoms with Crippen molar-refractivity contribution < 1.29 is 14.3 Å². The van der Waals surface area contributed by atoms with Gasteiger partial charge < -0.3 is 9.52 Å². The van der Waals surface area contributed by atoms with E-state index in [9.17, 15) is 4.79 Å². The number of hydrogen-bond donors (Lipinski definition) is 1. The maximum absolute atomic E-state index is 10.7. The molecule has 0 aliphatic heterocycles. The first-order valence-electron chi connectivity index (χ1n) is 5.59. The Hall–Kier alpha value is -1.69. The molecule has 1 N–H and O–H groups in total. The summed E-state index contributed by atoms with van der Waals surface area (Å²) in [5.41, 5.74) is 2.09. The van der Waals surface area contributed by atoms with Gasteiger partial charge in [0.1, 0.15) is 0 Å². The van der Waals surface area contributed by atoms with E-state index in [0.717, 1.165) is 17.9 Å². The van der Waals surface area contributed by atoms with E-state index in [0.29, 0.717) is 10.8 Å².